The first kappa shape index (κ1) is 16.1. The quantitative estimate of drug-likeness (QED) is 0.810. The van der Waals surface area contributed by atoms with Gasteiger partial charge in [-0.15, -0.1) is 0 Å². The highest BCUT2D eigenvalue weighted by molar-refractivity contribution is 5.06. The average molecular weight is 294 g/mol. The minimum atomic E-state index is -0.157. The maximum Gasteiger partial charge on any atom is 0.347 e. The summed E-state index contributed by atoms with van der Waals surface area (Å²) < 4.78 is 7.07. The summed E-state index contributed by atoms with van der Waals surface area (Å²) in [6.45, 7) is 12.1. The summed E-state index contributed by atoms with van der Waals surface area (Å²) in [4.78, 5) is 18.2. The second-order valence-electron chi connectivity index (χ2n) is 5.74. The van der Waals surface area contributed by atoms with Gasteiger partial charge in [0.05, 0.1) is 13.2 Å². The second kappa shape index (κ2) is 7.68. The maximum absolute atomic E-state index is 11.9. The van der Waals surface area contributed by atoms with Gasteiger partial charge in [0.15, 0.2) is 0 Å². The summed E-state index contributed by atoms with van der Waals surface area (Å²) in [5.74, 6) is 0. The van der Waals surface area contributed by atoms with Crippen LogP contribution in [0, 0.1) is 13.8 Å². The van der Waals surface area contributed by atoms with Gasteiger partial charge in [-0.05, 0) is 26.8 Å². The first-order chi connectivity index (χ1) is 10.1. The molecule has 1 aromatic rings. The Morgan fingerprint density at radius 1 is 1.38 bits per heavy atom. The molecule has 21 heavy (non-hydrogen) atoms. The Morgan fingerprint density at radius 2 is 2.10 bits per heavy atom. The molecule has 0 amide bonds. The van der Waals surface area contributed by atoms with E-state index in [4.69, 9.17) is 4.74 Å². The molecule has 1 aromatic heterocycles. The van der Waals surface area contributed by atoms with E-state index in [-0.39, 0.29) is 5.69 Å². The number of hydrogen-bond acceptors (Lipinski definition) is 5. The van der Waals surface area contributed by atoms with Crippen LogP contribution < -0.4 is 11.0 Å². The van der Waals surface area contributed by atoms with Crippen molar-refractivity contribution in [1.82, 2.24) is 19.8 Å². The molecule has 6 heteroatoms. The maximum atomic E-state index is 11.9. The van der Waals surface area contributed by atoms with Gasteiger partial charge in [-0.2, -0.15) is 4.98 Å². The first-order valence-corrected chi connectivity index (χ1v) is 7.65. The minimum Gasteiger partial charge on any atom is -0.379 e. The van der Waals surface area contributed by atoms with Gasteiger partial charge in [0, 0.05) is 50.2 Å². The Kier molecular flexibility index (Phi) is 5.90. The zero-order valence-electron chi connectivity index (χ0n) is 13.3. The molecule has 1 aliphatic rings. The normalized spacial score (nSPS) is 17.9. The fraction of sp³-hybridized carbons (Fsp3) is 0.733. The van der Waals surface area contributed by atoms with Crippen LogP contribution in [0.15, 0.2) is 10.9 Å². The molecule has 1 aliphatic heterocycles. The molecule has 1 N–H and O–H groups in total. The van der Waals surface area contributed by atoms with Crippen LogP contribution in [0.1, 0.15) is 18.3 Å². The second-order valence-corrected chi connectivity index (χ2v) is 5.74. The van der Waals surface area contributed by atoms with Crippen LogP contribution in [-0.4, -0.2) is 59.9 Å². The Hall–Kier alpha value is -1.24. The van der Waals surface area contributed by atoms with Crippen molar-refractivity contribution in [3.63, 3.8) is 0 Å². The molecule has 0 spiro atoms. The third kappa shape index (κ3) is 4.91. The van der Waals surface area contributed by atoms with E-state index in [0.29, 0.717) is 12.6 Å². The van der Waals surface area contributed by atoms with Gasteiger partial charge in [-0.1, -0.05) is 0 Å². The fourth-order valence-corrected chi connectivity index (χ4v) is 2.70. The standard InChI is InChI=1S/C15H26N4O2/c1-12-10-14(3)19(15(20)17-12)5-4-16-13(2)11-18-6-8-21-9-7-18/h10,13,16H,4-9,11H2,1-3H3. The van der Waals surface area contributed by atoms with Crippen molar-refractivity contribution in [3.8, 4) is 0 Å². The van der Waals surface area contributed by atoms with Gasteiger partial charge in [0.25, 0.3) is 0 Å². The van der Waals surface area contributed by atoms with Crippen molar-refractivity contribution in [3.05, 3.63) is 27.9 Å². The van der Waals surface area contributed by atoms with Crippen molar-refractivity contribution in [2.45, 2.75) is 33.4 Å². The minimum absolute atomic E-state index is 0.157. The molecule has 6 nitrogen and oxygen atoms in total. The van der Waals surface area contributed by atoms with Gasteiger partial charge in [-0.25, -0.2) is 4.79 Å². The monoisotopic (exact) mass is 294 g/mol. The Balaban J connectivity index is 1.77. The van der Waals surface area contributed by atoms with Crippen molar-refractivity contribution in [2.24, 2.45) is 0 Å². The molecule has 1 fully saturated rings. The molecule has 2 heterocycles. The zero-order chi connectivity index (χ0) is 15.2. The van der Waals surface area contributed by atoms with Crippen molar-refractivity contribution >= 4 is 0 Å². The highest BCUT2D eigenvalue weighted by Gasteiger charge is 2.13. The smallest absolute Gasteiger partial charge is 0.347 e. The molecule has 1 unspecified atom stereocenters. The van der Waals surface area contributed by atoms with E-state index in [0.717, 1.165) is 50.8 Å². The Bertz CT molecular complexity index is 509. The molecule has 1 saturated heterocycles. The number of rotatable bonds is 6. The molecule has 0 bridgehead atoms. The lowest BCUT2D eigenvalue weighted by atomic mass is 10.3. The first-order valence-electron chi connectivity index (χ1n) is 7.65. The molecule has 0 aliphatic carbocycles. The van der Waals surface area contributed by atoms with E-state index >= 15 is 0 Å². The van der Waals surface area contributed by atoms with Crippen molar-refractivity contribution < 1.29 is 4.74 Å². The fourth-order valence-electron chi connectivity index (χ4n) is 2.70. The van der Waals surface area contributed by atoms with Crippen molar-refractivity contribution in [2.75, 3.05) is 39.4 Å². The van der Waals surface area contributed by atoms with E-state index in [9.17, 15) is 4.79 Å². The predicted molar refractivity (Wildman–Crippen MR) is 82.7 cm³/mol. The number of morpholine rings is 1. The van der Waals surface area contributed by atoms with Crippen LogP contribution in [0.3, 0.4) is 0 Å². The van der Waals surface area contributed by atoms with Crippen molar-refractivity contribution in [1.29, 1.82) is 0 Å². The highest BCUT2D eigenvalue weighted by Crippen LogP contribution is 1.99. The molecule has 0 saturated carbocycles. The van der Waals surface area contributed by atoms with Gasteiger partial charge in [0.1, 0.15) is 0 Å². The van der Waals surface area contributed by atoms with Crippen LogP contribution in [0.2, 0.25) is 0 Å². The SMILES string of the molecule is Cc1cc(C)n(CCNC(C)CN2CCOCC2)c(=O)n1. The van der Waals surface area contributed by atoms with Crippen LogP contribution >= 0.6 is 0 Å². The van der Waals surface area contributed by atoms with E-state index in [1.54, 1.807) is 4.57 Å². The van der Waals surface area contributed by atoms with Crippen LogP contribution in [0.25, 0.3) is 0 Å². The summed E-state index contributed by atoms with van der Waals surface area (Å²) in [7, 11) is 0. The lowest BCUT2D eigenvalue weighted by Crippen LogP contribution is -2.45. The van der Waals surface area contributed by atoms with Gasteiger partial charge in [-0.3, -0.25) is 9.47 Å². The third-order valence-corrected chi connectivity index (χ3v) is 3.81. The Labute approximate surface area is 126 Å². The Morgan fingerprint density at radius 3 is 2.76 bits per heavy atom. The third-order valence-electron chi connectivity index (χ3n) is 3.81. The van der Waals surface area contributed by atoms with Crippen LogP contribution in [0.4, 0.5) is 0 Å². The molecule has 2 rings (SSSR count). The van der Waals surface area contributed by atoms with Crippen LogP contribution in [-0.2, 0) is 11.3 Å². The lowest BCUT2D eigenvalue weighted by molar-refractivity contribution is 0.0344. The van der Waals surface area contributed by atoms with Gasteiger partial charge >= 0.3 is 5.69 Å². The van der Waals surface area contributed by atoms with Crippen LogP contribution in [0.5, 0.6) is 0 Å². The highest BCUT2D eigenvalue weighted by atomic mass is 16.5. The van der Waals surface area contributed by atoms with E-state index in [2.05, 4.69) is 22.1 Å². The van der Waals surface area contributed by atoms with E-state index in [1.165, 1.54) is 0 Å². The summed E-state index contributed by atoms with van der Waals surface area (Å²) >= 11 is 0. The summed E-state index contributed by atoms with van der Waals surface area (Å²) in [6.07, 6.45) is 0. The lowest BCUT2D eigenvalue weighted by Gasteiger charge is -2.29. The molecule has 0 aromatic carbocycles. The van der Waals surface area contributed by atoms with E-state index < -0.39 is 0 Å². The molecular weight excluding hydrogens is 268 g/mol. The molecular formula is C15H26N4O2. The largest absolute Gasteiger partial charge is 0.379 e. The van der Waals surface area contributed by atoms with Gasteiger partial charge < -0.3 is 10.1 Å². The average Bonchev–Trinajstić information content (AvgIpc) is 2.42. The predicted octanol–water partition coefficient (Wildman–Crippen LogP) is 0.170. The number of nitrogens with one attached hydrogen (secondary N) is 1. The number of ether oxygens (including phenoxy) is 1. The molecule has 1 atom stereocenters. The summed E-state index contributed by atoms with van der Waals surface area (Å²) in [5.41, 5.74) is 1.59. The number of aromatic nitrogens is 2. The summed E-state index contributed by atoms with van der Waals surface area (Å²) in [6, 6.07) is 2.34. The van der Waals surface area contributed by atoms with E-state index in [1.807, 2.05) is 19.9 Å². The topological polar surface area (TPSA) is 59.4 Å². The number of hydrogen-bond donors (Lipinski definition) is 1. The zero-order valence-corrected chi connectivity index (χ0v) is 13.3. The summed E-state index contributed by atoms with van der Waals surface area (Å²) in [5, 5.41) is 3.48. The van der Waals surface area contributed by atoms with Gasteiger partial charge in [0.2, 0.25) is 0 Å². The molecule has 118 valence electrons. The number of nitrogens with zero attached hydrogens (tertiary/aromatic N) is 3. The molecule has 0 radical (unpaired) electrons. The number of aryl methyl sites for hydroxylation is 2.